The van der Waals surface area contributed by atoms with Crippen molar-refractivity contribution in [3.63, 3.8) is 0 Å². The van der Waals surface area contributed by atoms with Crippen molar-refractivity contribution in [3.8, 4) is 0 Å². The normalized spacial score (nSPS) is 20.0. The molecule has 1 fully saturated rings. The van der Waals surface area contributed by atoms with Gasteiger partial charge in [0, 0.05) is 18.7 Å². The number of nitrogens with one attached hydrogen (secondary N) is 3. The van der Waals surface area contributed by atoms with Crippen molar-refractivity contribution in [3.05, 3.63) is 52.7 Å². The number of hydrogen-bond donors (Lipinski definition) is 3. The van der Waals surface area contributed by atoms with E-state index >= 15 is 0 Å². The topological polar surface area (TPSA) is 79.2 Å². The number of carbonyl (C=O) groups excluding carboxylic acids is 1. The molecule has 0 spiro atoms. The Labute approximate surface area is 146 Å². The van der Waals surface area contributed by atoms with Crippen molar-refractivity contribution in [2.75, 3.05) is 13.1 Å². The average molecular weight is 346 g/mol. The van der Waals surface area contributed by atoms with Crippen LogP contribution in [0.2, 0.25) is 0 Å². The molecule has 1 saturated heterocycles. The van der Waals surface area contributed by atoms with Crippen molar-refractivity contribution >= 4 is 5.91 Å². The zero-order valence-electron chi connectivity index (χ0n) is 14.4. The average Bonchev–Trinajstić information content (AvgIpc) is 3.20. The highest BCUT2D eigenvalue weighted by atomic mass is 19.1. The standard InChI is InChI=1S/C18H23FN4O2/c1-11-15(12(2)25-23-11)7-4-8-20-18(24)16-10-21-22-17(16)13-5-3-6-14(19)9-13/h3,5-6,9,16-17,21-22H,4,7-8,10H2,1-2H3,(H,20,24). The number of nitrogens with zero attached hydrogens (tertiary/aromatic N) is 1. The SMILES string of the molecule is Cc1noc(C)c1CCCNC(=O)C1CNNC1c1cccc(F)c1. The van der Waals surface area contributed by atoms with Crippen molar-refractivity contribution in [1.82, 2.24) is 21.3 Å². The second-order valence-electron chi connectivity index (χ2n) is 6.36. The summed E-state index contributed by atoms with van der Waals surface area (Å²) in [5.41, 5.74) is 8.83. The first-order valence-corrected chi connectivity index (χ1v) is 8.49. The Morgan fingerprint density at radius 1 is 1.44 bits per heavy atom. The Balaban J connectivity index is 1.52. The first-order valence-electron chi connectivity index (χ1n) is 8.49. The van der Waals surface area contributed by atoms with Gasteiger partial charge in [0.1, 0.15) is 11.6 Å². The minimum atomic E-state index is -0.301. The van der Waals surface area contributed by atoms with Crippen LogP contribution in [0.15, 0.2) is 28.8 Å². The first kappa shape index (κ1) is 17.6. The summed E-state index contributed by atoms with van der Waals surface area (Å²) in [7, 11) is 0. The molecule has 1 aliphatic rings. The van der Waals surface area contributed by atoms with E-state index in [4.69, 9.17) is 4.52 Å². The Morgan fingerprint density at radius 3 is 3.00 bits per heavy atom. The number of benzene rings is 1. The van der Waals surface area contributed by atoms with Crippen LogP contribution in [0.1, 0.15) is 35.0 Å². The lowest BCUT2D eigenvalue weighted by Crippen LogP contribution is -2.35. The highest BCUT2D eigenvalue weighted by Gasteiger charge is 2.33. The second-order valence-corrected chi connectivity index (χ2v) is 6.36. The Hall–Kier alpha value is -2.25. The van der Waals surface area contributed by atoms with E-state index in [1.54, 1.807) is 6.07 Å². The molecule has 1 aromatic heterocycles. The van der Waals surface area contributed by atoms with Gasteiger partial charge >= 0.3 is 0 Å². The van der Waals surface area contributed by atoms with Gasteiger partial charge in [-0.05, 0) is 44.4 Å². The third kappa shape index (κ3) is 4.05. The number of aryl methyl sites for hydroxylation is 2. The van der Waals surface area contributed by atoms with E-state index in [2.05, 4.69) is 21.3 Å². The highest BCUT2D eigenvalue weighted by Crippen LogP contribution is 2.25. The van der Waals surface area contributed by atoms with E-state index in [9.17, 15) is 9.18 Å². The summed E-state index contributed by atoms with van der Waals surface area (Å²) in [5.74, 6) is 0.218. The summed E-state index contributed by atoms with van der Waals surface area (Å²) >= 11 is 0. The molecule has 6 nitrogen and oxygen atoms in total. The number of halogens is 1. The van der Waals surface area contributed by atoms with Crippen molar-refractivity contribution in [2.45, 2.75) is 32.7 Å². The summed E-state index contributed by atoms with van der Waals surface area (Å²) < 4.78 is 18.6. The van der Waals surface area contributed by atoms with Gasteiger partial charge in [0.25, 0.3) is 0 Å². The van der Waals surface area contributed by atoms with Crippen LogP contribution in [0.5, 0.6) is 0 Å². The summed E-state index contributed by atoms with van der Waals surface area (Å²) in [6.45, 7) is 4.91. The molecule has 0 bridgehead atoms. The maximum Gasteiger partial charge on any atom is 0.226 e. The minimum absolute atomic E-state index is 0.0366. The van der Waals surface area contributed by atoms with E-state index in [1.807, 2.05) is 19.9 Å². The quantitative estimate of drug-likeness (QED) is 0.697. The van der Waals surface area contributed by atoms with Gasteiger partial charge in [0.15, 0.2) is 0 Å². The molecule has 134 valence electrons. The monoisotopic (exact) mass is 346 g/mol. The van der Waals surface area contributed by atoms with Gasteiger partial charge < -0.3 is 9.84 Å². The van der Waals surface area contributed by atoms with E-state index in [-0.39, 0.29) is 23.7 Å². The number of carbonyl (C=O) groups is 1. The Bertz CT molecular complexity index is 727. The minimum Gasteiger partial charge on any atom is -0.361 e. The largest absolute Gasteiger partial charge is 0.361 e. The van der Waals surface area contributed by atoms with Crippen LogP contribution in [0.4, 0.5) is 4.39 Å². The van der Waals surface area contributed by atoms with Gasteiger partial charge in [-0.15, -0.1) is 0 Å². The molecule has 2 aromatic rings. The lowest BCUT2D eigenvalue weighted by molar-refractivity contribution is -0.124. The van der Waals surface area contributed by atoms with E-state index in [0.717, 1.165) is 35.4 Å². The second kappa shape index (κ2) is 7.76. The van der Waals surface area contributed by atoms with Crippen molar-refractivity contribution in [2.24, 2.45) is 5.92 Å². The zero-order valence-corrected chi connectivity index (χ0v) is 14.4. The highest BCUT2D eigenvalue weighted by molar-refractivity contribution is 5.80. The third-order valence-corrected chi connectivity index (χ3v) is 4.61. The summed E-state index contributed by atoms with van der Waals surface area (Å²) in [5, 5.41) is 6.91. The maximum atomic E-state index is 13.4. The van der Waals surface area contributed by atoms with Crippen LogP contribution >= 0.6 is 0 Å². The van der Waals surface area contributed by atoms with Crippen LogP contribution in [0, 0.1) is 25.6 Å². The number of hydrazine groups is 1. The van der Waals surface area contributed by atoms with Crippen molar-refractivity contribution in [1.29, 1.82) is 0 Å². The molecule has 3 N–H and O–H groups in total. The maximum absolute atomic E-state index is 13.4. The molecule has 25 heavy (non-hydrogen) atoms. The molecule has 2 heterocycles. The molecule has 7 heteroatoms. The summed E-state index contributed by atoms with van der Waals surface area (Å²) in [4.78, 5) is 12.5. The van der Waals surface area contributed by atoms with Gasteiger partial charge in [0.05, 0.1) is 17.7 Å². The van der Waals surface area contributed by atoms with Gasteiger partial charge in [-0.25, -0.2) is 9.82 Å². The summed E-state index contributed by atoms with van der Waals surface area (Å²) in [6, 6.07) is 6.10. The van der Waals surface area contributed by atoms with Crippen LogP contribution in [-0.2, 0) is 11.2 Å². The zero-order chi connectivity index (χ0) is 17.8. The predicted molar refractivity (Wildman–Crippen MR) is 91.1 cm³/mol. The molecule has 0 saturated carbocycles. The van der Waals surface area contributed by atoms with Gasteiger partial charge in [-0.1, -0.05) is 17.3 Å². The third-order valence-electron chi connectivity index (χ3n) is 4.61. The Kier molecular flexibility index (Phi) is 5.45. The smallest absolute Gasteiger partial charge is 0.226 e. The predicted octanol–water partition coefficient (Wildman–Crippen LogP) is 1.94. The summed E-state index contributed by atoms with van der Waals surface area (Å²) in [6.07, 6.45) is 1.63. The molecule has 3 rings (SSSR count). The fourth-order valence-corrected chi connectivity index (χ4v) is 3.22. The number of amides is 1. The van der Waals surface area contributed by atoms with Crippen LogP contribution in [0.3, 0.4) is 0 Å². The van der Waals surface area contributed by atoms with E-state index in [1.165, 1.54) is 12.1 Å². The van der Waals surface area contributed by atoms with E-state index < -0.39 is 0 Å². The molecule has 1 aliphatic heterocycles. The Morgan fingerprint density at radius 2 is 2.28 bits per heavy atom. The fraction of sp³-hybridized carbons (Fsp3) is 0.444. The molecule has 0 radical (unpaired) electrons. The molecule has 0 aliphatic carbocycles. The molecular weight excluding hydrogens is 323 g/mol. The number of hydrogen-bond acceptors (Lipinski definition) is 5. The molecule has 2 atom stereocenters. The lowest BCUT2D eigenvalue weighted by Gasteiger charge is -2.18. The fourth-order valence-electron chi connectivity index (χ4n) is 3.22. The number of aromatic nitrogens is 1. The van der Waals surface area contributed by atoms with Gasteiger partial charge in [-0.2, -0.15) is 0 Å². The molecule has 1 amide bonds. The molecular formula is C18H23FN4O2. The van der Waals surface area contributed by atoms with Crippen molar-refractivity contribution < 1.29 is 13.7 Å². The van der Waals surface area contributed by atoms with Crippen LogP contribution < -0.4 is 16.2 Å². The molecule has 1 aromatic carbocycles. The van der Waals surface area contributed by atoms with Crippen LogP contribution in [0.25, 0.3) is 0 Å². The molecule has 2 unspecified atom stereocenters. The van der Waals surface area contributed by atoms with E-state index in [0.29, 0.717) is 13.1 Å². The van der Waals surface area contributed by atoms with Crippen LogP contribution in [-0.4, -0.2) is 24.2 Å². The van der Waals surface area contributed by atoms with Gasteiger partial charge in [-0.3, -0.25) is 10.2 Å². The lowest BCUT2D eigenvalue weighted by atomic mass is 9.94. The first-order chi connectivity index (χ1) is 12.1. The number of rotatable bonds is 6. The van der Waals surface area contributed by atoms with Gasteiger partial charge in [0.2, 0.25) is 5.91 Å².